The number of carbonyl (C=O) groups is 1. The van der Waals surface area contributed by atoms with E-state index in [4.69, 9.17) is 10.5 Å². The Morgan fingerprint density at radius 3 is 2.45 bits per heavy atom. The van der Waals surface area contributed by atoms with E-state index < -0.39 is 0 Å². The first kappa shape index (κ1) is 25.8. The van der Waals surface area contributed by atoms with E-state index in [1.807, 2.05) is 36.4 Å². The van der Waals surface area contributed by atoms with Crippen LogP contribution in [0.15, 0.2) is 77.9 Å². The molecule has 2 aromatic heterocycles. The number of fused-ring (bicyclic) bond motifs is 1. The van der Waals surface area contributed by atoms with Crippen LogP contribution in [0.25, 0.3) is 16.9 Å². The molecule has 0 unspecified atom stereocenters. The summed E-state index contributed by atoms with van der Waals surface area (Å²) in [6.07, 6.45) is 6.10. The number of hydrogen-bond donors (Lipinski definition) is 2. The SMILES string of the molecule is Nc1ncnc2c1n(-c1ccc(Oc3ccccc3)cc1)c(=O)n2C1CN(C(=O)/C=C/CN2CCC(O)CC2)C1. The molecule has 0 spiro atoms. The molecule has 0 radical (unpaired) electrons. The van der Waals surface area contributed by atoms with E-state index in [2.05, 4.69) is 14.9 Å². The molecule has 2 aromatic carbocycles. The first-order valence-corrected chi connectivity index (χ1v) is 13.4. The van der Waals surface area contributed by atoms with Crippen LogP contribution in [0.2, 0.25) is 0 Å². The number of piperidine rings is 1. The molecule has 1 amide bonds. The maximum absolute atomic E-state index is 13.7. The van der Waals surface area contributed by atoms with E-state index in [0.29, 0.717) is 48.0 Å². The van der Waals surface area contributed by atoms with Gasteiger partial charge >= 0.3 is 5.69 Å². The zero-order chi connectivity index (χ0) is 27.6. The average Bonchev–Trinajstić information content (AvgIpc) is 3.23. The van der Waals surface area contributed by atoms with Gasteiger partial charge in [0.1, 0.15) is 23.3 Å². The van der Waals surface area contributed by atoms with Crippen LogP contribution in [0.5, 0.6) is 11.5 Å². The third-order valence-corrected chi connectivity index (χ3v) is 7.47. The number of rotatable bonds is 7. The third kappa shape index (κ3) is 5.08. The second-order valence-corrected chi connectivity index (χ2v) is 10.2. The number of imidazole rings is 1. The molecule has 0 bridgehead atoms. The summed E-state index contributed by atoms with van der Waals surface area (Å²) in [6, 6.07) is 16.4. The summed E-state index contributed by atoms with van der Waals surface area (Å²) in [5, 5.41) is 9.65. The highest BCUT2D eigenvalue weighted by Gasteiger charge is 2.35. The number of benzene rings is 2. The number of likely N-dealkylation sites (tertiary alicyclic amines) is 2. The summed E-state index contributed by atoms with van der Waals surface area (Å²) >= 11 is 0. The highest BCUT2D eigenvalue weighted by atomic mass is 16.5. The van der Waals surface area contributed by atoms with Crippen LogP contribution in [0.1, 0.15) is 18.9 Å². The van der Waals surface area contributed by atoms with Gasteiger partial charge in [0.2, 0.25) is 5.91 Å². The lowest BCUT2D eigenvalue weighted by molar-refractivity contribution is -0.131. The molecule has 2 aliphatic heterocycles. The minimum atomic E-state index is -0.293. The van der Waals surface area contributed by atoms with E-state index in [0.717, 1.165) is 25.9 Å². The summed E-state index contributed by atoms with van der Waals surface area (Å²) in [6.45, 7) is 3.12. The first-order valence-electron chi connectivity index (χ1n) is 13.4. The van der Waals surface area contributed by atoms with Crippen molar-refractivity contribution in [2.24, 2.45) is 0 Å². The minimum absolute atomic E-state index is 0.0896. The van der Waals surface area contributed by atoms with Gasteiger partial charge in [-0.25, -0.2) is 14.8 Å². The number of anilines is 1. The summed E-state index contributed by atoms with van der Waals surface area (Å²) < 4.78 is 9.00. The number of hydrogen-bond acceptors (Lipinski definition) is 8. The Morgan fingerprint density at radius 1 is 1.02 bits per heavy atom. The van der Waals surface area contributed by atoms with E-state index in [9.17, 15) is 14.7 Å². The Hall–Kier alpha value is -4.48. The Labute approximate surface area is 230 Å². The van der Waals surface area contributed by atoms with Gasteiger partial charge in [-0.1, -0.05) is 24.3 Å². The van der Waals surface area contributed by atoms with Crippen LogP contribution in [0.3, 0.4) is 0 Å². The summed E-state index contributed by atoms with van der Waals surface area (Å²) in [5.74, 6) is 1.46. The Morgan fingerprint density at radius 2 is 1.73 bits per heavy atom. The first-order chi connectivity index (χ1) is 19.5. The number of para-hydroxylation sites is 1. The maximum Gasteiger partial charge on any atom is 0.335 e. The van der Waals surface area contributed by atoms with Gasteiger partial charge in [0.15, 0.2) is 11.5 Å². The van der Waals surface area contributed by atoms with E-state index in [1.54, 1.807) is 39.8 Å². The Balaban J connectivity index is 1.18. The summed E-state index contributed by atoms with van der Waals surface area (Å²) in [4.78, 5) is 38.9. The molecule has 6 rings (SSSR count). The molecule has 2 saturated heterocycles. The number of nitrogen functional groups attached to an aromatic ring is 1. The molecule has 2 aliphatic rings. The average molecular weight is 542 g/mol. The van der Waals surface area contributed by atoms with Gasteiger partial charge in [-0.3, -0.25) is 18.8 Å². The molecule has 206 valence electrons. The number of nitrogens with two attached hydrogens (primary N) is 1. The molecular weight excluding hydrogens is 510 g/mol. The fourth-order valence-corrected chi connectivity index (χ4v) is 5.23. The van der Waals surface area contributed by atoms with E-state index in [-0.39, 0.29) is 29.6 Å². The smallest absolute Gasteiger partial charge is 0.335 e. The largest absolute Gasteiger partial charge is 0.457 e. The van der Waals surface area contributed by atoms with E-state index >= 15 is 0 Å². The van der Waals surface area contributed by atoms with Crippen LogP contribution in [-0.2, 0) is 4.79 Å². The van der Waals surface area contributed by atoms with Crippen molar-refractivity contribution in [2.45, 2.75) is 25.0 Å². The number of aliphatic hydroxyl groups is 1. The number of aromatic nitrogens is 4. The molecule has 0 aliphatic carbocycles. The van der Waals surface area contributed by atoms with Crippen molar-refractivity contribution in [3.63, 3.8) is 0 Å². The van der Waals surface area contributed by atoms with Gasteiger partial charge < -0.3 is 20.5 Å². The van der Waals surface area contributed by atoms with Crippen molar-refractivity contribution >= 4 is 22.9 Å². The lowest BCUT2D eigenvalue weighted by Gasteiger charge is -2.39. The van der Waals surface area contributed by atoms with Gasteiger partial charge in [-0.05, 0) is 49.2 Å². The Bertz CT molecular complexity index is 1580. The molecular formula is C29H31N7O4. The molecule has 3 N–H and O–H groups in total. The van der Waals surface area contributed by atoms with Crippen molar-refractivity contribution in [2.75, 3.05) is 38.5 Å². The molecule has 11 heteroatoms. The molecule has 0 saturated carbocycles. The lowest BCUT2D eigenvalue weighted by atomic mass is 10.1. The molecule has 11 nitrogen and oxygen atoms in total. The van der Waals surface area contributed by atoms with Crippen molar-refractivity contribution in [1.29, 1.82) is 0 Å². The normalized spacial score (nSPS) is 17.0. The van der Waals surface area contributed by atoms with E-state index in [1.165, 1.54) is 10.9 Å². The number of aliphatic hydroxyl groups excluding tert-OH is 1. The van der Waals surface area contributed by atoms with Gasteiger partial charge in [0.25, 0.3) is 0 Å². The number of amides is 1. The number of carbonyl (C=O) groups excluding carboxylic acids is 1. The number of ether oxygens (including phenoxy) is 1. The minimum Gasteiger partial charge on any atom is -0.457 e. The van der Waals surface area contributed by atoms with Crippen LogP contribution in [-0.4, -0.2) is 78.7 Å². The second-order valence-electron chi connectivity index (χ2n) is 10.2. The lowest BCUT2D eigenvalue weighted by Crippen LogP contribution is -2.52. The topological polar surface area (TPSA) is 132 Å². The zero-order valence-corrected chi connectivity index (χ0v) is 22.0. The second kappa shape index (κ2) is 10.9. The van der Waals surface area contributed by atoms with Crippen LogP contribution in [0, 0.1) is 0 Å². The predicted octanol–water partition coefficient (Wildman–Crippen LogP) is 2.35. The fourth-order valence-electron chi connectivity index (χ4n) is 5.23. The van der Waals surface area contributed by atoms with Crippen molar-refractivity contribution < 1.29 is 14.6 Å². The molecule has 0 atom stereocenters. The maximum atomic E-state index is 13.7. The molecule has 40 heavy (non-hydrogen) atoms. The summed E-state index contributed by atoms with van der Waals surface area (Å²) in [5.41, 5.74) is 7.41. The molecule has 4 aromatic rings. The van der Waals surface area contributed by atoms with Crippen molar-refractivity contribution in [1.82, 2.24) is 28.9 Å². The fraction of sp³-hybridized carbons (Fsp3) is 0.310. The highest BCUT2D eigenvalue weighted by Crippen LogP contribution is 2.28. The Kier molecular flexibility index (Phi) is 7.06. The van der Waals surface area contributed by atoms with Gasteiger partial charge in [0, 0.05) is 38.8 Å². The van der Waals surface area contributed by atoms with Crippen molar-refractivity contribution in [3.8, 4) is 17.2 Å². The van der Waals surface area contributed by atoms with Gasteiger partial charge in [-0.15, -0.1) is 0 Å². The quantitative estimate of drug-likeness (QED) is 0.341. The molecule has 2 fully saturated rings. The summed E-state index contributed by atoms with van der Waals surface area (Å²) in [7, 11) is 0. The highest BCUT2D eigenvalue weighted by molar-refractivity contribution is 5.88. The number of nitrogens with zero attached hydrogens (tertiary/aromatic N) is 6. The molecule has 4 heterocycles. The van der Waals surface area contributed by atoms with Crippen LogP contribution < -0.4 is 16.2 Å². The van der Waals surface area contributed by atoms with Gasteiger partial charge in [0.05, 0.1) is 17.8 Å². The predicted molar refractivity (Wildman–Crippen MR) is 150 cm³/mol. The van der Waals surface area contributed by atoms with Crippen LogP contribution >= 0.6 is 0 Å². The van der Waals surface area contributed by atoms with Gasteiger partial charge in [-0.2, -0.15) is 0 Å². The zero-order valence-electron chi connectivity index (χ0n) is 22.0. The van der Waals surface area contributed by atoms with Crippen LogP contribution in [0.4, 0.5) is 5.82 Å². The van der Waals surface area contributed by atoms with Crippen molar-refractivity contribution in [3.05, 3.63) is 83.6 Å². The standard InChI is InChI=1S/C29H31N7O4/c30-27-26-28(32-19-31-27)36(21-17-34(18-21)25(38)7-4-14-33-15-12-22(37)13-16-33)29(39)35(26)20-8-10-24(11-9-20)40-23-5-2-1-3-6-23/h1-11,19,21-22,37H,12-18H2,(H2,30,31,32)/b7-4+. The third-order valence-electron chi connectivity index (χ3n) is 7.47. The monoisotopic (exact) mass is 541 g/mol.